The molecule has 2 N–H and O–H groups in total. The van der Waals surface area contributed by atoms with Gasteiger partial charge in [0.2, 0.25) is 0 Å². The van der Waals surface area contributed by atoms with Gasteiger partial charge in [-0.05, 0) is 31.6 Å². The molecular weight excluding hydrogens is 318 g/mol. The van der Waals surface area contributed by atoms with Crippen LogP contribution in [0.5, 0.6) is 0 Å². The van der Waals surface area contributed by atoms with Gasteiger partial charge in [0.15, 0.2) is 0 Å². The first-order valence-electron chi connectivity index (χ1n) is 8.39. The number of nitrogens with zero attached hydrogens (tertiary/aromatic N) is 1. The maximum absolute atomic E-state index is 5.64. The molecule has 1 saturated heterocycles. The number of aromatic nitrogens is 1. The van der Waals surface area contributed by atoms with Crippen molar-refractivity contribution in [2.24, 2.45) is 5.92 Å². The smallest absolute Gasteiger partial charge is 0.107 e. The molecule has 6 heteroatoms. The zero-order valence-corrected chi connectivity index (χ0v) is 14.6. The second-order valence-electron chi connectivity index (χ2n) is 6.66. The van der Waals surface area contributed by atoms with Gasteiger partial charge in [0.05, 0.1) is 18.9 Å². The van der Waals surface area contributed by atoms with Crippen LogP contribution in [0.4, 0.5) is 0 Å². The fourth-order valence-electron chi connectivity index (χ4n) is 3.78. The molecule has 0 radical (unpaired) electrons. The maximum Gasteiger partial charge on any atom is 0.107 e. The Morgan fingerprint density at radius 2 is 2.23 bits per heavy atom. The van der Waals surface area contributed by atoms with Crippen molar-refractivity contribution < 1.29 is 4.74 Å². The lowest BCUT2D eigenvalue weighted by molar-refractivity contribution is 0.0524. The molecule has 124 valence electrons. The van der Waals surface area contributed by atoms with Crippen LogP contribution in [-0.2, 0) is 11.3 Å². The van der Waals surface area contributed by atoms with Gasteiger partial charge in [0.1, 0.15) is 5.01 Å². The molecule has 2 aliphatic carbocycles. The fourth-order valence-corrected chi connectivity index (χ4v) is 4.60. The molecule has 22 heavy (non-hydrogen) atoms. The van der Waals surface area contributed by atoms with Gasteiger partial charge in [-0.2, -0.15) is 0 Å². The minimum atomic E-state index is 0. The molecule has 2 saturated carbocycles. The highest BCUT2D eigenvalue weighted by molar-refractivity contribution is 7.09. The zero-order valence-electron chi connectivity index (χ0n) is 12.9. The van der Waals surface area contributed by atoms with Crippen LogP contribution in [0.3, 0.4) is 0 Å². The molecule has 3 atom stereocenters. The lowest BCUT2D eigenvalue weighted by Gasteiger charge is -2.32. The van der Waals surface area contributed by atoms with Crippen LogP contribution in [0.15, 0.2) is 5.38 Å². The van der Waals surface area contributed by atoms with Gasteiger partial charge in [-0.3, -0.25) is 0 Å². The number of nitrogens with one attached hydrogen (secondary N) is 2. The van der Waals surface area contributed by atoms with Crippen LogP contribution in [0, 0.1) is 5.92 Å². The number of rotatable bonds is 5. The Kier molecular flexibility index (Phi) is 5.74. The highest BCUT2D eigenvalue weighted by Crippen LogP contribution is 2.40. The molecular formula is C16H26ClN3OS. The molecule has 3 fully saturated rings. The largest absolute Gasteiger partial charge is 0.379 e. The summed E-state index contributed by atoms with van der Waals surface area (Å²) in [7, 11) is 0. The van der Waals surface area contributed by atoms with Crippen molar-refractivity contribution in [1.82, 2.24) is 15.6 Å². The minimum absolute atomic E-state index is 0. The number of morpholine rings is 1. The number of hydrogen-bond donors (Lipinski definition) is 2. The molecule has 0 bridgehead atoms. The molecule has 1 aromatic heterocycles. The van der Waals surface area contributed by atoms with E-state index in [0.717, 1.165) is 32.2 Å². The first kappa shape index (κ1) is 16.7. The molecule has 4 nitrogen and oxygen atoms in total. The summed E-state index contributed by atoms with van der Waals surface area (Å²) in [5.41, 5.74) is 1.34. The molecule has 0 amide bonds. The molecule has 3 aliphatic rings. The normalized spacial score (nSPS) is 31.9. The molecule has 0 spiro atoms. The Bertz CT molecular complexity index is 474. The van der Waals surface area contributed by atoms with Crippen molar-refractivity contribution in [1.29, 1.82) is 0 Å². The highest BCUT2D eigenvalue weighted by Gasteiger charge is 2.34. The van der Waals surface area contributed by atoms with Crippen molar-refractivity contribution in [3.8, 4) is 0 Å². The summed E-state index contributed by atoms with van der Waals surface area (Å²) in [4.78, 5) is 4.79. The second kappa shape index (κ2) is 7.58. The van der Waals surface area contributed by atoms with E-state index in [1.54, 1.807) is 0 Å². The summed E-state index contributed by atoms with van der Waals surface area (Å²) in [6.45, 7) is 3.69. The molecule has 3 unspecified atom stereocenters. The average Bonchev–Trinajstić information content (AvgIpc) is 3.10. The van der Waals surface area contributed by atoms with Crippen molar-refractivity contribution in [2.75, 3.05) is 19.8 Å². The van der Waals surface area contributed by atoms with Gasteiger partial charge in [-0.25, -0.2) is 4.98 Å². The summed E-state index contributed by atoms with van der Waals surface area (Å²) in [6.07, 6.45) is 6.64. The summed E-state index contributed by atoms with van der Waals surface area (Å²) in [5.74, 6) is 1.49. The molecule has 2 heterocycles. The monoisotopic (exact) mass is 343 g/mol. The van der Waals surface area contributed by atoms with Gasteiger partial charge in [-0.15, -0.1) is 23.7 Å². The van der Waals surface area contributed by atoms with E-state index in [4.69, 9.17) is 9.72 Å². The highest BCUT2D eigenvalue weighted by atomic mass is 35.5. The van der Waals surface area contributed by atoms with E-state index in [-0.39, 0.29) is 12.4 Å². The van der Waals surface area contributed by atoms with Crippen molar-refractivity contribution in [2.45, 2.75) is 56.7 Å². The van der Waals surface area contributed by atoms with E-state index >= 15 is 0 Å². The van der Waals surface area contributed by atoms with E-state index in [2.05, 4.69) is 16.0 Å². The zero-order chi connectivity index (χ0) is 14.1. The Morgan fingerprint density at radius 1 is 1.32 bits per heavy atom. The Hall–Kier alpha value is -0.200. The van der Waals surface area contributed by atoms with Crippen molar-refractivity contribution >= 4 is 23.7 Å². The van der Waals surface area contributed by atoms with E-state index in [0.29, 0.717) is 18.0 Å². The van der Waals surface area contributed by atoms with Gasteiger partial charge in [0, 0.05) is 36.5 Å². The van der Waals surface area contributed by atoms with E-state index in [1.807, 2.05) is 11.3 Å². The lowest BCUT2D eigenvalue weighted by Crippen LogP contribution is -2.50. The second-order valence-corrected chi connectivity index (χ2v) is 7.60. The standard InChI is InChI=1S/C16H25N3OS.ClH/c1-2-12(14-9-20-7-6-17-14)13(3-1)18-8-16-19-15(10-21-16)11-4-5-11;/h10-14,17-18H,1-9H2;1H. The third-order valence-electron chi connectivity index (χ3n) is 5.12. The number of thiazole rings is 1. The predicted octanol–water partition coefficient (Wildman–Crippen LogP) is 2.69. The number of ether oxygens (including phenoxy) is 1. The van der Waals surface area contributed by atoms with Gasteiger partial charge >= 0.3 is 0 Å². The first-order valence-corrected chi connectivity index (χ1v) is 9.27. The SMILES string of the molecule is Cl.c1sc(CNC2CCCC2C2COCCN2)nc1C1CC1. The van der Waals surface area contributed by atoms with Gasteiger partial charge in [0.25, 0.3) is 0 Å². The Labute approximate surface area is 142 Å². The van der Waals surface area contributed by atoms with Crippen LogP contribution >= 0.6 is 23.7 Å². The van der Waals surface area contributed by atoms with Crippen molar-refractivity contribution in [3.63, 3.8) is 0 Å². The molecule has 1 aliphatic heterocycles. The average molecular weight is 344 g/mol. The van der Waals surface area contributed by atoms with Gasteiger partial charge in [-0.1, -0.05) is 6.42 Å². The third-order valence-corrected chi connectivity index (χ3v) is 5.98. The van der Waals surface area contributed by atoms with E-state index in [1.165, 1.54) is 42.8 Å². The van der Waals surface area contributed by atoms with Crippen LogP contribution in [0.1, 0.15) is 48.7 Å². The fraction of sp³-hybridized carbons (Fsp3) is 0.812. The molecule has 1 aromatic rings. The summed E-state index contributed by atoms with van der Waals surface area (Å²) in [6, 6.07) is 1.16. The summed E-state index contributed by atoms with van der Waals surface area (Å²) in [5, 5.41) is 10.9. The topological polar surface area (TPSA) is 46.2 Å². The number of hydrogen-bond acceptors (Lipinski definition) is 5. The maximum atomic E-state index is 5.64. The minimum Gasteiger partial charge on any atom is -0.379 e. The Morgan fingerprint density at radius 3 is 3.00 bits per heavy atom. The van der Waals surface area contributed by atoms with Crippen LogP contribution < -0.4 is 10.6 Å². The van der Waals surface area contributed by atoms with Crippen molar-refractivity contribution in [3.05, 3.63) is 16.1 Å². The van der Waals surface area contributed by atoms with Gasteiger partial charge < -0.3 is 15.4 Å². The lowest BCUT2D eigenvalue weighted by atomic mass is 9.94. The van der Waals surface area contributed by atoms with E-state index < -0.39 is 0 Å². The van der Waals surface area contributed by atoms with Crippen LogP contribution in [-0.4, -0.2) is 36.8 Å². The predicted molar refractivity (Wildman–Crippen MR) is 91.9 cm³/mol. The van der Waals surface area contributed by atoms with Crippen LogP contribution in [0.2, 0.25) is 0 Å². The van der Waals surface area contributed by atoms with Crippen LogP contribution in [0.25, 0.3) is 0 Å². The number of halogens is 1. The third kappa shape index (κ3) is 3.82. The summed E-state index contributed by atoms with van der Waals surface area (Å²) < 4.78 is 5.64. The quantitative estimate of drug-likeness (QED) is 0.863. The molecule has 0 aromatic carbocycles. The summed E-state index contributed by atoms with van der Waals surface area (Å²) >= 11 is 1.82. The Balaban J connectivity index is 0.00000144. The van der Waals surface area contributed by atoms with E-state index in [9.17, 15) is 0 Å². The molecule has 4 rings (SSSR count). The first-order chi connectivity index (χ1) is 10.4.